The molecular formula is C13H8BrFN2O3. The van der Waals surface area contributed by atoms with Gasteiger partial charge in [0.15, 0.2) is 0 Å². The summed E-state index contributed by atoms with van der Waals surface area (Å²) >= 11 is 3.24. The Kier molecular flexibility index (Phi) is 4.09. The van der Waals surface area contributed by atoms with Crippen LogP contribution < -0.4 is 5.32 Å². The molecule has 0 saturated carbocycles. The highest BCUT2D eigenvalue weighted by Gasteiger charge is 2.17. The van der Waals surface area contributed by atoms with E-state index in [1.165, 1.54) is 0 Å². The summed E-state index contributed by atoms with van der Waals surface area (Å²) in [6.45, 7) is 0. The molecule has 0 fully saturated rings. The van der Waals surface area contributed by atoms with Gasteiger partial charge in [0, 0.05) is 22.3 Å². The van der Waals surface area contributed by atoms with Crippen molar-refractivity contribution >= 4 is 33.2 Å². The van der Waals surface area contributed by atoms with E-state index in [9.17, 15) is 19.3 Å². The third-order valence-corrected chi connectivity index (χ3v) is 2.98. The van der Waals surface area contributed by atoms with E-state index in [1.54, 1.807) is 24.3 Å². The highest BCUT2D eigenvalue weighted by atomic mass is 79.9. The van der Waals surface area contributed by atoms with E-state index in [0.29, 0.717) is 5.69 Å². The number of hydrogen-bond donors (Lipinski definition) is 1. The SMILES string of the molecule is O=C(Nc1cccc(Br)c1)c1cc([N+](=O)[O-])ccc1F. The molecule has 0 radical (unpaired) electrons. The number of carbonyl (C=O) groups is 1. The van der Waals surface area contributed by atoms with Crippen LogP contribution in [0.1, 0.15) is 10.4 Å². The number of hydrogen-bond acceptors (Lipinski definition) is 3. The molecule has 102 valence electrons. The highest BCUT2D eigenvalue weighted by Crippen LogP contribution is 2.20. The molecule has 0 spiro atoms. The van der Waals surface area contributed by atoms with Crippen LogP contribution in [0.5, 0.6) is 0 Å². The fourth-order valence-electron chi connectivity index (χ4n) is 1.57. The molecule has 0 aliphatic heterocycles. The predicted octanol–water partition coefficient (Wildman–Crippen LogP) is 3.75. The summed E-state index contributed by atoms with van der Waals surface area (Å²) in [7, 11) is 0. The topological polar surface area (TPSA) is 72.2 Å². The number of carbonyl (C=O) groups excluding carboxylic acids is 1. The number of anilines is 1. The molecule has 0 saturated heterocycles. The van der Waals surface area contributed by atoms with E-state index in [0.717, 1.165) is 22.7 Å². The maximum absolute atomic E-state index is 13.6. The summed E-state index contributed by atoms with van der Waals surface area (Å²) < 4.78 is 14.3. The Bertz CT molecular complexity index is 691. The number of nitrogens with one attached hydrogen (secondary N) is 1. The van der Waals surface area contributed by atoms with Crippen LogP contribution in [-0.2, 0) is 0 Å². The summed E-state index contributed by atoms with van der Waals surface area (Å²) in [5.74, 6) is -1.56. The molecule has 2 aromatic rings. The first-order valence-corrected chi connectivity index (χ1v) is 6.27. The highest BCUT2D eigenvalue weighted by molar-refractivity contribution is 9.10. The second kappa shape index (κ2) is 5.79. The monoisotopic (exact) mass is 338 g/mol. The number of nitro benzene ring substituents is 1. The Labute approximate surface area is 121 Å². The largest absolute Gasteiger partial charge is 0.322 e. The average molecular weight is 339 g/mol. The third-order valence-electron chi connectivity index (χ3n) is 2.49. The van der Waals surface area contributed by atoms with Crippen molar-refractivity contribution in [3.05, 3.63) is 68.4 Å². The van der Waals surface area contributed by atoms with Crippen molar-refractivity contribution < 1.29 is 14.1 Å². The van der Waals surface area contributed by atoms with Crippen LogP contribution in [0.4, 0.5) is 15.8 Å². The Hall–Kier alpha value is -2.28. The molecule has 0 bridgehead atoms. The zero-order valence-electron chi connectivity index (χ0n) is 9.97. The number of halogens is 2. The van der Waals surface area contributed by atoms with Crippen LogP contribution in [0, 0.1) is 15.9 Å². The van der Waals surface area contributed by atoms with Gasteiger partial charge in [0.05, 0.1) is 10.5 Å². The molecular weight excluding hydrogens is 331 g/mol. The Morgan fingerprint density at radius 1 is 1.25 bits per heavy atom. The van der Waals surface area contributed by atoms with Gasteiger partial charge in [0.2, 0.25) is 0 Å². The minimum atomic E-state index is -0.817. The minimum Gasteiger partial charge on any atom is -0.322 e. The van der Waals surface area contributed by atoms with E-state index in [-0.39, 0.29) is 11.3 Å². The molecule has 0 heterocycles. The van der Waals surface area contributed by atoms with Crippen molar-refractivity contribution in [2.24, 2.45) is 0 Å². The lowest BCUT2D eigenvalue weighted by Crippen LogP contribution is -2.14. The van der Waals surface area contributed by atoms with E-state index < -0.39 is 16.6 Å². The first-order valence-electron chi connectivity index (χ1n) is 5.48. The van der Waals surface area contributed by atoms with E-state index in [1.807, 2.05) is 0 Å². The fourth-order valence-corrected chi connectivity index (χ4v) is 1.96. The van der Waals surface area contributed by atoms with E-state index in [2.05, 4.69) is 21.2 Å². The maximum atomic E-state index is 13.6. The van der Waals surface area contributed by atoms with Gasteiger partial charge in [-0.2, -0.15) is 0 Å². The number of non-ortho nitro benzene ring substituents is 1. The van der Waals surface area contributed by atoms with Gasteiger partial charge >= 0.3 is 0 Å². The first kappa shape index (κ1) is 14.1. The van der Waals surface area contributed by atoms with Crippen molar-refractivity contribution in [2.45, 2.75) is 0 Å². The zero-order chi connectivity index (χ0) is 14.7. The van der Waals surface area contributed by atoms with E-state index in [4.69, 9.17) is 0 Å². The molecule has 2 aromatic carbocycles. The van der Waals surface area contributed by atoms with Gasteiger partial charge in [-0.3, -0.25) is 14.9 Å². The second-order valence-corrected chi connectivity index (χ2v) is 4.80. The van der Waals surface area contributed by atoms with Crippen LogP contribution >= 0.6 is 15.9 Å². The van der Waals surface area contributed by atoms with Crippen molar-refractivity contribution in [1.29, 1.82) is 0 Å². The Balaban J connectivity index is 2.29. The molecule has 20 heavy (non-hydrogen) atoms. The summed E-state index contributed by atoms with van der Waals surface area (Å²) in [4.78, 5) is 21.9. The van der Waals surface area contributed by atoms with Gasteiger partial charge in [-0.15, -0.1) is 0 Å². The summed E-state index contributed by atoms with van der Waals surface area (Å²) in [5, 5.41) is 13.1. The normalized spacial score (nSPS) is 10.1. The van der Waals surface area contributed by atoms with E-state index >= 15 is 0 Å². The van der Waals surface area contributed by atoms with Crippen molar-refractivity contribution in [1.82, 2.24) is 0 Å². The van der Waals surface area contributed by atoms with Gasteiger partial charge < -0.3 is 5.32 Å². The summed E-state index contributed by atoms with van der Waals surface area (Å²) in [5.41, 5.74) is -0.264. The van der Waals surface area contributed by atoms with Gasteiger partial charge in [0.1, 0.15) is 5.82 Å². The van der Waals surface area contributed by atoms with Gasteiger partial charge in [-0.1, -0.05) is 22.0 Å². The average Bonchev–Trinajstić information content (AvgIpc) is 2.38. The fraction of sp³-hybridized carbons (Fsp3) is 0. The molecule has 0 unspecified atom stereocenters. The predicted molar refractivity (Wildman–Crippen MR) is 75.1 cm³/mol. The lowest BCUT2D eigenvalue weighted by atomic mass is 10.1. The Morgan fingerprint density at radius 2 is 2.00 bits per heavy atom. The number of nitrogens with zero attached hydrogens (tertiary/aromatic N) is 1. The molecule has 0 aliphatic rings. The summed E-state index contributed by atoms with van der Waals surface area (Å²) in [6, 6.07) is 9.53. The van der Waals surface area contributed by atoms with Crippen molar-refractivity contribution in [2.75, 3.05) is 5.32 Å². The molecule has 0 atom stereocenters. The molecule has 1 N–H and O–H groups in total. The summed E-state index contributed by atoms with van der Waals surface area (Å²) in [6.07, 6.45) is 0. The minimum absolute atomic E-state index is 0.342. The molecule has 0 aromatic heterocycles. The second-order valence-electron chi connectivity index (χ2n) is 3.89. The zero-order valence-corrected chi connectivity index (χ0v) is 11.6. The number of benzene rings is 2. The van der Waals surface area contributed by atoms with Crippen LogP contribution in [0.2, 0.25) is 0 Å². The molecule has 1 amide bonds. The third kappa shape index (κ3) is 3.18. The lowest BCUT2D eigenvalue weighted by molar-refractivity contribution is -0.384. The van der Waals surface area contributed by atoms with Crippen LogP contribution in [0.3, 0.4) is 0 Å². The smallest absolute Gasteiger partial charge is 0.270 e. The molecule has 2 rings (SSSR count). The number of nitro groups is 1. The van der Waals surface area contributed by atoms with Crippen LogP contribution in [-0.4, -0.2) is 10.8 Å². The number of amides is 1. The van der Waals surface area contributed by atoms with Gasteiger partial charge in [-0.05, 0) is 24.3 Å². The van der Waals surface area contributed by atoms with Crippen molar-refractivity contribution in [3.63, 3.8) is 0 Å². The quantitative estimate of drug-likeness (QED) is 0.684. The first-order chi connectivity index (χ1) is 9.47. The standard InChI is InChI=1S/C13H8BrFN2O3/c14-8-2-1-3-9(6-8)16-13(18)11-7-10(17(19)20)4-5-12(11)15/h1-7H,(H,16,18). The molecule has 5 nitrogen and oxygen atoms in total. The van der Waals surface area contributed by atoms with Crippen LogP contribution in [0.25, 0.3) is 0 Å². The van der Waals surface area contributed by atoms with Gasteiger partial charge in [0.25, 0.3) is 11.6 Å². The molecule has 0 aliphatic carbocycles. The van der Waals surface area contributed by atoms with Gasteiger partial charge in [-0.25, -0.2) is 4.39 Å². The number of rotatable bonds is 3. The van der Waals surface area contributed by atoms with Crippen LogP contribution in [0.15, 0.2) is 46.9 Å². The van der Waals surface area contributed by atoms with Crippen molar-refractivity contribution in [3.8, 4) is 0 Å². The lowest BCUT2D eigenvalue weighted by Gasteiger charge is -2.06. The molecule has 7 heteroatoms. The maximum Gasteiger partial charge on any atom is 0.270 e. The Morgan fingerprint density at radius 3 is 2.65 bits per heavy atom.